The predicted octanol–water partition coefficient (Wildman–Crippen LogP) is 3.07. The second-order valence-corrected chi connectivity index (χ2v) is 7.00. The van der Waals surface area contributed by atoms with E-state index >= 15 is 0 Å². The number of ether oxygens (including phenoxy) is 2. The van der Waals surface area contributed by atoms with Crippen LogP contribution in [0, 0.1) is 6.92 Å². The Morgan fingerprint density at radius 1 is 1.14 bits per heavy atom. The molecule has 3 rings (SSSR count). The first-order valence-electron chi connectivity index (χ1n) is 9.69. The number of carbonyl (C=O) groups is 2. The van der Waals surface area contributed by atoms with E-state index < -0.39 is 0 Å². The molecule has 1 atom stereocenters. The van der Waals surface area contributed by atoms with Gasteiger partial charge < -0.3 is 20.1 Å². The Bertz CT molecular complexity index is 867. The highest BCUT2D eigenvalue weighted by Gasteiger charge is 2.19. The molecule has 0 aromatic heterocycles. The summed E-state index contributed by atoms with van der Waals surface area (Å²) in [5, 5.41) is 5.60. The van der Waals surface area contributed by atoms with Gasteiger partial charge in [-0.05, 0) is 55.7 Å². The first-order chi connectivity index (χ1) is 14.0. The Morgan fingerprint density at radius 2 is 1.86 bits per heavy atom. The van der Waals surface area contributed by atoms with Gasteiger partial charge in [-0.15, -0.1) is 0 Å². The summed E-state index contributed by atoms with van der Waals surface area (Å²) in [7, 11) is 1.59. The fraction of sp³-hybridized carbons (Fsp3) is 0.304. The zero-order valence-corrected chi connectivity index (χ0v) is 16.7. The van der Waals surface area contributed by atoms with Crippen molar-refractivity contribution in [2.75, 3.05) is 20.3 Å². The molecule has 1 fully saturated rings. The summed E-state index contributed by atoms with van der Waals surface area (Å²) in [4.78, 5) is 25.4. The summed E-state index contributed by atoms with van der Waals surface area (Å²) in [6, 6.07) is 14.4. The molecule has 2 amide bonds. The van der Waals surface area contributed by atoms with Gasteiger partial charge in [-0.25, -0.2) is 0 Å². The van der Waals surface area contributed by atoms with Gasteiger partial charge in [0.25, 0.3) is 11.8 Å². The highest BCUT2D eigenvalue weighted by Crippen LogP contribution is 2.15. The van der Waals surface area contributed by atoms with Crippen LogP contribution in [0.2, 0.25) is 0 Å². The van der Waals surface area contributed by atoms with Crippen LogP contribution >= 0.6 is 0 Å². The van der Waals surface area contributed by atoms with Gasteiger partial charge in [-0.2, -0.15) is 0 Å². The monoisotopic (exact) mass is 394 g/mol. The van der Waals surface area contributed by atoms with Crippen molar-refractivity contribution in [3.63, 3.8) is 0 Å². The molecule has 152 valence electrons. The Morgan fingerprint density at radius 3 is 2.48 bits per heavy atom. The van der Waals surface area contributed by atoms with Gasteiger partial charge in [0.1, 0.15) is 11.4 Å². The quantitative estimate of drug-likeness (QED) is 0.708. The molecule has 2 N–H and O–H groups in total. The van der Waals surface area contributed by atoms with Crippen molar-refractivity contribution in [2.45, 2.75) is 25.9 Å². The van der Waals surface area contributed by atoms with Gasteiger partial charge in [0.15, 0.2) is 0 Å². The van der Waals surface area contributed by atoms with Gasteiger partial charge in [0, 0.05) is 18.7 Å². The van der Waals surface area contributed by atoms with Gasteiger partial charge >= 0.3 is 0 Å². The molecule has 0 bridgehead atoms. The molecular weight excluding hydrogens is 368 g/mol. The lowest BCUT2D eigenvalue weighted by molar-refractivity contribution is -0.118. The minimum Gasteiger partial charge on any atom is -0.497 e. The molecule has 2 aromatic carbocycles. The van der Waals surface area contributed by atoms with Gasteiger partial charge in [-0.1, -0.05) is 29.8 Å². The molecule has 6 heteroatoms. The third-order valence-electron chi connectivity index (χ3n) is 4.75. The van der Waals surface area contributed by atoms with Crippen LogP contribution in [0.4, 0.5) is 0 Å². The maximum absolute atomic E-state index is 12.8. The van der Waals surface area contributed by atoms with Gasteiger partial charge in [0.05, 0.1) is 13.2 Å². The Hall–Kier alpha value is -3.12. The van der Waals surface area contributed by atoms with Crippen molar-refractivity contribution in [1.29, 1.82) is 0 Å². The summed E-state index contributed by atoms with van der Waals surface area (Å²) in [5.41, 5.74) is 2.50. The van der Waals surface area contributed by atoms with Crippen LogP contribution in [-0.2, 0) is 9.53 Å². The molecule has 0 saturated carbocycles. The lowest BCUT2D eigenvalue weighted by atomic mass is 10.1. The van der Waals surface area contributed by atoms with Gasteiger partial charge in [-0.3, -0.25) is 9.59 Å². The molecule has 1 aliphatic rings. The van der Waals surface area contributed by atoms with E-state index in [1.54, 1.807) is 37.5 Å². The lowest BCUT2D eigenvalue weighted by Crippen LogP contribution is -2.38. The highest BCUT2D eigenvalue weighted by molar-refractivity contribution is 6.05. The maximum atomic E-state index is 12.8. The van der Waals surface area contributed by atoms with Crippen molar-refractivity contribution in [2.24, 2.45) is 0 Å². The second-order valence-electron chi connectivity index (χ2n) is 7.00. The highest BCUT2D eigenvalue weighted by atomic mass is 16.5. The van der Waals surface area contributed by atoms with E-state index in [1.807, 2.05) is 31.2 Å². The Labute approximate surface area is 170 Å². The van der Waals surface area contributed by atoms with Crippen LogP contribution in [0.1, 0.15) is 34.3 Å². The summed E-state index contributed by atoms with van der Waals surface area (Å²) in [6.07, 6.45) is 3.59. The minimum absolute atomic E-state index is 0.0222. The third kappa shape index (κ3) is 5.93. The standard InChI is InChI=1S/C23H26N2O4/c1-16-5-9-18(10-6-16)22(26)25-21(14-17-7-11-19(28-2)12-8-17)23(27)24-15-20-4-3-13-29-20/h5-12,14,20H,3-4,13,15H2,1-2H3,(H,24,27)(H,25,26)/b21-14-/t20-/m1/s1. The topological polar surface area (TPSA) is 76.7 Å². The molecule has 0 spiro atoms. The molecule has 0 unspecified atom stereocenters. The number of carbonyl (C=O) groups excluding carboxylic acids is 2. The average molecular weight is 394 g/mol. The molecule has 0 aliphatic carbocycles. The van der Waals surface area contributed by atoms with E-state index in [1.165, 1.54) is 0 Å². The average Bonchev–Trinajstić information content (AvgIpc) is 3.26. The number of methoxy groups -OCH3 is 1. The summed E-state index contributed by atoms with van der Waals surface area (Å²) in [5.74, 6) is 0.0315. The zero-order chi connectivity index (χ0) is 20.6. The van der Waals surface area contributed by atoms with Crippen LogP contribution in [0.15, 0.2) is 54.2 Å². The summed E-state index contributed by atoms with van der Waals surface area (Å²) < 4.78 is 10.7. The van der Waals surface area contributed by atoms with Crippen LogP contribution in [-0.4, -0.2) is 38.2 Å². The molecule has 6 nitrogen and oxygen atoms in total. The number of hydrogen-bond donors (Lipinski definition) is 2. The number of amides is 2. The molecule has 2 aromatic rings. The van der Waals surface area contributed by atoms with Crippen LogP contribution in [0.5, 0.6) is 5.75 Å². The third-order valence-corrected chi connectivity index (χ3v) is 4.75. The number of rotatable bonds is 7. The molecule has 0 radical (unpaired) electrons. The number of benzene rings is 2. The van der Waals surface area contributed by atoms with Crippen LogP contribution < -0.4 is 15.4 Å². The molecule has 1 saturated heterocycles. The lowest BCUT2D eigenvalue weighted by Gasteiger charge is -2.14. The fourth-order valence-electron chi connectivity index (χ4n) is 3.03. The first kappa shape index (κ1) is 20.6. The SMILES string of the molecule is COc1ccc(/C=C(\NC(=O)c2ccc(C)cc2)C(=O)NC[C@H]2CCCO2)cc1. The van der Waals surface area contributed by atoms with Crippen molar-refractivity contribution in [1.82, 2.24) is 10.6 Å². The van der Waals surface area contributed by atoms with E-state index in [4.69, 9.17) is 9.47 Å². The van der Waals surface area contributed by atoms with Gasteiger partial charge in [0.2, 0.25) is 0 Å². The number of nitrogens with one attached hydrogen (secondary N) is 2. The molecule has 29 heavy (non-hydrogen) atoms. The largest absolute Gasteiger partial charge is 0.497 e. The Balaban J connectivity index is 1.77. The smallest absolute Gasteiger partial charge is 0.267 e. The minimum atomic E-state index is -0.350. The molecule has 1 aliphatic heterocycles. The normalized spacial score (nSPS) is 16.3. The zero-order valence-electron chi connectivity index (χ0n) is 16.7. The van der Waals surface area contributed by atoms with Crippen LogP contribution in [0.25, 0.3) is 6.08 Å². The summed E-state index contributed by atoms with van der Waals surface area (Å²) in [6.45, 7) is 3.09. The van der Waals surface area contributed by atoms with E-state index in [2.05, 4.69) is 10.6 Å². The number of hydrogen-bond acceptors (Lipinski definition) is 4. The second kappa shape index (κ2) is 9.89. The van der Waals surface area contributed by atoms with E-state index in [0.717, 1.165) is 36.3 Å². The molecule has 1 heterocycles. The number of aryl methyl sites for hydroxylation is 1. The van der Waals surface area contributed by atoms with Crippen molar-refractivity contribution in [3.05, 3.63) is 70.9 Å². The first-order valence-corrected chi connectivity index (χ1v) is 9.69. The van der Waals surface area contributed by atoms with E-state index in [9.17, 15) is 9.59 Å². The molecular formula is C23H26N2O4. The van der Waals surface area contributed by atoms with E-state index in [-0.39, 0.29) is 23.6 Å². The Kier molecular flexibility index (Phi) is 7.03. The van der Waals surface area contributed by atoms with Crippen molar-refractivity contribution < 1.29 is 19.1 Å². The van der Waals surface area contributed by atoms with Crippen molar-refractivity contribution >= 4 is 17.9 Å². The van der Waals surface area contributed by atoms with E-state index in [0.29, 0.717) is 12.1 Å². The fourth-order valence-corrected chi connectivity index (χ4v) is 3.03. The summed E-state index contributed by atoms with van der Waals surface area (Å²) >= 11 is 0. The van der Waals surface area contributed by atoms with Crippen molar-refractivity contribution in [3.8, 4) is 5.75 Å². The predicted molar refractivity (Wildman–Crippen MR) is 112 cm³/mol. The van der Waals surface area contributed by atoms with Crippen LogP contribution in [0.3, 0.4) is 0 Å². The maximum Gasteiger partial charge on any atom is 0.267 e.